The molecular weight excluding hydrogens is 474 g/mol. The molecule has 1 aromatic carbocycles. The van der Waals surface area contributed by atoms with Crippen molar-refractivity contribution in [2.45, 2.75) is 90.4 Å². The minimum absolute atomic E-state index is 0.0424. The fourth-order valence-electron chi connectivity index (χ4n) is 3.95. The van der Waals surface area contributed by atoms with Crippen molar-refractivity contribution in [1.82, 2.24) is 16.0 Å². The smallest absolute Gasteiger partial charge is 0.326 e. The van der Waals surface area contributed by atoms with Gasteiger partial charge in [-0.2, -0.15) is 0 Å². The number of hydrogen-bond donors (Lipinski definition) is 6. The highest BCUT2D eigenvalue weighted by Crippen LogP contribution is 2.10. The second-order valence-corrected chi connectivity index (χ2v) is 10.4. The number of hydrogen-bond acceptors (Lipinski definition) is 6. The van der Waals surface area contributed by atoms with E-state index in [0.717, 1.165) is 5.56 Å². The van der Waals surface area contributed by atoms with Crippen LogP contribution in [0.25, 0.3) is 0 Å². The van der Waals surface area contributed by atoms with Crippen LogP contribution in [0.4, 0.5) is 0 Å². The number of carboxylic acid groups (broad SMARTS) is 1. The summed E-state index contributed by atoms with van der Waals surface area (Å²) in [6.45, 7) is 8.08. The number of carboxylic acids is 1. The molecule has 1 rings (SSSR count). The molecule has 208 valence electrons. The highest BCUT2D eigenvalue weighted by atomic mass is 16.4. The standard InChI is InChI=1S/C27H45N5O5/c1-17(2)14-20(29)24(33)30-21(12-8-9-13-28)25(34)31-22(16-19-10-6-5-7-11-19)26(35)32-23(27(36)37)15-18(3)4/h5-7,10-11,17-18,20-23H,8-9,12-16,28-29H2,1-4H3,(H,30,33)(H,31,34)(H,32,35)(H,36,37)/t20-,21-,22-,23-/m0/s1. The van der Waals surface area contributed by atoms with Crippen molar-refractivity contribution in [3.05, 3.63) is 35.9 Å². The van der Waals surface area contributed by atoms with Crippen LogP contribution in [0, 0.1) is 11.8 Å². The normalized spacial score (nSPS) is 14.5. The molecule has 10 nitrogen and oxygen atoms in total. The minimum atomic E-state index is -1.14. The lowest BCUT2D eigenvalue weighted by Crippen LogP contribution is -2.57. The Morgan fingerprint density at radius 2 is 1.32 bits per heavy atom. The van der Waals surface area contributed by atoms with E-state index in [4.69, 9.17) is 11.5 Å². The second kappa shape index (κ2) is 16.7. The van der Waals surface area contributed by atoms with Gasteiger partial charge in [-0.25, -0.2) is 4.79 Å². The molecule has 0 radical (unpaired) electrons. The van der Waals surface area contributed by atoms with E-state index in [0.29, 0.717) is 32.2 Å². The van der Waals surface area contributed by atoms with Crippen molar-refractivity contribution in [3.63, 3.8) is 0 Å². The van der Waals surface area contributed by atoms with Crippen molar-refractivity contribution in [3.8, 4) is 0 Å². The molecule has 8 N–H and O–H groups in total. The predicted octanol–water partition coefficient (Wildman–Crippen LogP) is 1.32. The van der Waals surface area contributed by atoms with Gasteiger partial charge in [0, 0.05) is 6.42 Å². The van der Waals surface area contributed by atoms with Gasteiger partial charge >= 0.3 is 5.97 Å². The van der Waals surface area contributed by atoms with E-state index >= 15 is 0 Å². The van der Waals surface area contributed by atoms with Crippen LogP contribution in [-0.4, -0.2) is 59.5 Å². The molecule has 0 bridgehead atoms. The highest BCUT2D eigenvalue weighted by molar-refractivity contribution is 5.94. The highest BCUT2D eigenvalue weighted by Gasteiger charge is 2.30. The summed E-state index contributed by atoms with van der Waals surface area (Å²) in [4.78, 5) is 50.9. The summed E-state index contributed by atoms with van der Waals surface area (Å²) in [5.41, 5.74) is 12.4. The Bertz CT molecular complexity index is 862. The quantitative estimate of drug-likeness (QED) is 0.168. The SMILES string of the molecule is CC(C)C[C@H](NC(=O)[C@H](Cc1ccccc1)NC(=O)[C@H](CCCCN)NC(=O)[C@@H](N)CC(C)C)C(=O)O. The Kier molecular flexibility index (Phi) is 14.5. The summed E-state index contributed by atoms with van der Waals surface area (Å²) >= 11 is 0. The average molecular weight is 520 g/mol. The lowest BCUT2D eigenvalue weighted by molar-refractivity contribution is -0.142. The van der Waals surface area contributed by atoms with Crippen LogP contribution in [0.5, 0.6) is 0 Å². The number of aliphatic carboxylic acids is 1. The Morgan fingerprint density at radius 1 is 0.784 bits per heavy atom. The maximum Gasteiger partial charge on any atom is 0.326 e. The van der Waals surface area contributed by atoms with E-state index in [1.54, 1.807) is 0 Å². The third-order valence-electron chi connectivity index (χ3n) is 5.88. The van der Waals surface area contributed by atoms with Crippen LogP contribution in [0.2, 0.25) is 0 Å². The monoisotopic (exact) mass is 519 g/mol. The molecule has 4 atom stereocenters. The third kappa shape index (κ3) is 12.7. The Hall–Kier alpha value is -2.98. The van der Waals surface area contributed by atoms with E-state index in [2.05, 4.69) is 16.0 Å². The van der Waals surface area contributed by atoms with Crippen molar-refractivity contribution in [2.75, 3.05) is 6.54 Å². The molecule has 0 aromatic heterocycles. The van der Waals surface area contributed by atoms with Gasteiger partial charge in [-0.05, 0) is 56.0 Å². The van der Waals surface area contributed by atoms with E-state index in [9.17, 15) is 24.3 Å². The van der Waals surface area contributed by atoms with Gasteiger partial charge in [0.05, 0.1) is 6.04 Å². The molecule has 0 saturated heterocycles. The molecule has 0 spiro atoms. The zero-order valence-electron chi connectivity index (χ0n) is 22.5. The summed E-state index contributed by atoms with van der Waals surface area (Å²) in [5, 5.41) is 17.6. The first kappa shape index (κ1) is 32.0. The minimum Gasteiger partial charge on any atom is -0.480 e. The molecule has 3 amide bonds. The molecule has 0 heterocycles. The van der Waals surface area contributed by atoms with Crippen LogP contribution in [0.15, 0.2) is 30.3 Å². The van der Waals surface area contributed by atoms with E-state index in [1.807, 2.05) is 58.0 Å². The zero-order chi connectivity index (χ0) is 28.0. The number of nitrogens with two attached hydrogens (primary N) is 2. The molecule has 0 aliphatic carbocycles. The number of nitrogens with one attached hydrogen (secondary N) is 3. The predicted molar refractivity (Wildman–Crippen MR) is 143 cm³/mol. The Labute approximate surface area is 220 Å². The lowest BCUT2D eigenvalue weighted by Gasteiger charge is -2.26. The molecular formula is C27H45N5O5. The van der Waals surface area contributed by atoms with Crippen LogP contribution in [0.1, 0.15) is 65.4 Å². The number of carbonyl (C=O) groups is 4. The summed E-state index contributed by atoms with van der Waals surface area (Å²) in [7, 11) is 0. The van der Waals surface area contributed by atoms with Crippen LogP contribution in [0.3, 0.4) is 0 Å². The van der Waals surface area contributed by atoms with Gasteiger partial charge in [0.2, 0.25) is 17.7 Å². The van der Waals surface area contributed by atoms with Crippen molar-refractivity contribution >= 4 is 23.7 Å². The molecule has 0 saturated carbocycles. The maximum atomic E-state index is 13.3. The molecule has 0 unspecified atom stereocenters. The van der Waals surface area contributed by atoms with Gasteiger partial charge in [0.15, 0.2) is 0 Å². The van der Waals surface area contributed by atoms with E-state index in [1.165, 1.54) is 0 Å². The van der Waals surface area contributed by atoms with Gasteiger partial charge in [-0.1, -0.05) is 58.0 Å². The van der Waals surface area contributed by atoms with Crippen molar-refractivity contribution in [2.24, 2.45) is 23.3 Å². The summed E-state index contributed by atoms with van der Waals surface area (Å²) in [6.07, 6.45) is 2.46. The number of rotatable bonds is 17. The number of carbonyl (C=O) groups excluding carboxylic acids is 3. The zero-order valence-corrected chi connectivity index (χ0v) is 22.5. The fraction of sp³-hybridized carbons (Fsp3) is 0.630. The first-order valence-electron chi connectivity index (χ1n) is 13.1. The summed E-state index contributed by atoms with van der Waals surface area (Å²) < 4.78 is 0. The molecule has 1 aromatic rings. The van der Waals surface area contributed by atoms with E-state index < -0.39 is 47.9 Å². The van der Waals surface area contributed by atoms with Crippen molar-refractivity contribution < 1.29 is 24.3 Å². The number of benzene rings is 1. The molecule has 0 aliphatic heterocycles. The largest absolute Gasteiger partial charge is 0.480 e. The summed E-state index contributed by atoms with van der Waals surface area (Å²) in [5.74, 6) is -2.47. The molecule has 0 aliphatic rings. The average Bonchev–Trinajstić information content (AvgIpc) is 2.82. The lowest BCUT2D eigenvalue weighted by atomic mass is 10.0. The first-order valence-corrected chi connectivity index (χ1v) is 13.1. The van der Waals surface area contributed by atoms with Crippen LogP contribution < -0.4 is 27.4 Å². The van der Waals surface area contributed by atoms with Gasteiger partial charge in [-0.3, -0.25) is 14.4 Å². The Morgan fingerprint density at radius 3 is 1.86 bits per heavy atom. The second-order valence-electron chi connectivity index (χ2n) is 10.4. The molecule has 10 heteroatoms. The van der Waals surface area contributed by atoms with Gasteiger partial charge in [0.25, 0.3) is 0 Å². The van der Waals surface area contributed by atoms with Crippen LogP contribution in [-0.2, 0) is 25.6 Å². The third-order valence-corrected chi connectivity index (χ3v) is 5.88. The molecule has 0 fully saturated rings. The molecule has 37 heavy (non-hydrogen) atoms. The van der Waals surface area contributed by atoms with Crippen LogP contribution >= 0.6 is 0 Å². The number of unbranched alkanes of at least 4 members (excludes halogenated alkanes) is 1. The van der Waals surface area contributed by atoms with Gasteiger partial charge in [-0.15, -0.1) is 0 Å². The number of amides is 3. The fourth-order valence-corrected chi connectivity index (χ4v) is 3.95. The van der Waals surface area contributed by atoms with Gasteiger partial charge < -0.3 is 32.5 Å². The topological polar surface area (TPSA) is 177 Å². The Balaban J connectivity index is 3.11. The summed E-state index contributed by atoms with van der Waals surface area (Å²) in [6, 6.07) is 5.31. The van der Waals surface area contributed by atoms with Crippen molar-refractivity contribution in [1.29, 1.82) is 0 Å². The maximum absolute atomic E-state index is 13.3. The van der Waals surface area contributed by atoms with E-state index in [-0.39, 0.29) is 24.7 Å². The van der Waals surface area contributed by atoms with Gasteiger partial charge in [0.1, 0.15) is 18.1 Å². The first-order chi connectivity index (χ1) is 17.4.